The Balaban J connectivity index is 0.000001000. The van der Waals surface area contributed by atoms with Crippen LogP contribution < -0.4 is 28.5 Å². The normalized spacial score (nSPS) is 8.82. The fourth-order valence-corrected chi connectivity index (χ4v) is 0.883. The molecule has 0 bridgehead atoms. The van der Waals surface area contributed by atoms with Gasteiger partial charge < -0.3 is 24.0 Å². The molecule has 0 saturated heterocycles. The van der Waals surface area contributed by atoms with E-state index in [9.17, 15) is 0 Å². The highest BCUT2D eigenvalue weighted by atomic mass is 127. The van der Waals surface area contributed by atoms with Crippen molar-refractivity contribution in [2.75, 3.05) is 0 Å². The molecule has 0 atom stereocenters. The van der Waals surface area contributed by atoms with Crippen molar-refractivity contribution in [2.45, 2.75) is 20.0 Å². The van der Waals surface area contributed by atoms with Gasteiger partial charge in [0.2, 0.25) is 6.33 Å². The third-order valence-electron chi connectivity index (χ3n) is 1.45. The largest absolute Gasteiger partial charge is 1.00 e. The van der Waals surface area contributed by atoms with Crippen molar-refractivity contribution in [2.24, 2.45) is 0 Å². The third kappa shape index (κ3) is 3.05. The summed E-state index contributed by atoms with van der Waals surface area (Å²) >= 11 is 0. The molecular formula is C8H13IN2. The summed E-state index contributed by atoms with van der Waals surface area (Å²) < 4.78 is 4.22. The number of nitrogens with zero attached hydrogens (tertiary/aromatic N) is 2. The zero-order chi connectivity index (χ0) is 7.40. The van der Waals surface area contributed by atoms with E-state index in [0.29, 0.717) is 0 Å². The molecule has 0 unspecified atom stereocenters. The zero-order valence-corrected chi connectivity index (χ0v) is 8.86. The van der Waals surface area contributed by atoms with E-state index in [0.717, 1.165) is 13.1 Å². The van der Waals surface area contributed by atoms with E-state index in [4.69, 9.17) is 0 Å². The van der Waals surface area contributed by atoms with Gasteiger partial charge in [0.05, 0.1) is 6.54 Å². The lowest BCUT2D eigenvalue weighted by atomic mass is 10.6. The van der Waals surface area contributed by atoms with Gasteiger partial charge in [0.15, 0.2) is 0 Å². The van der Waals surface area contributed by atoms with Gasteiger partial charge in [0, 0.05) is 0 Å². The van der Waals surface area contributed by atoms with Gasteiger partial charge in [-0.25, -0.2) is 9.13 Å². The van der Waals surface area contributed by atoms with Crippen molar-refractivity contribution in [1.82, 2.24) is 4.57 Å². The maximum Gasteiger partial charge on any atom is 0.244 e. The lowest BCUT2D eigenvalue weighted by Gasteiger charge is -1.85. The molecule has 0 amide bonds. The van der Waals surface area contributed by atoms with Crippen molar-refractivity contribution in [1.29, 1.82) is 0 Å². The fraction of sp³-hybridized carbons (Fsp3) is 0.375. The molecule has 0 radical (unpaired) electrons. The Bertz CT molecular complexity index is 218. The lowest BCUT2D eigenvalue weighted by molar-refractivity contribution is -0.686. The van der Waals surface area contributed by atoms with Crippen LogP contribution in [0.15, 0.2) is 31.4 Å². The molecule has 0 aliphatic carbocycles. The van der Waals surface area contributed by atoms with Crippen LogP contribution >= 0.6 is 0 Å². The molecule has 1 aromatic heterocycles. The first-order chi connectivity index (χ1) is 4.86. The van der Waals surface area contributed by atoms with Crippen molar-refractivity contribution >= 4 is 0 Å². The first kappa shape index (κ1) is 10.7. The SMILES string of the molecule is C=CC[n+]1ccn(CC)c1.[I-]. The Morgan fingerprint density at radius 3 is 2.82 bits per heavy atom. The molecule has 2 nitrogen and oxygen atoms in total. The van der Waals surface area contributed by atoms with E-state index < -0.39 is 0 Å². The van der Waals surface area contributed by atoms with Gasteiger partial charge in [-0.2, -0.15) is 0 Å². The topological polar surface area (TPSA) is 8.81 Å². The number of hydrogen-bond acceptors (Lipinski definition) is 0. The van der Waals surface area contributed by atoms with Gasteiger partial charge >= 0.3 is 0 Å². The average molecular weight is 264 g/mol. The number of aromatic nitrogens is 2. The second kappa shape index (κ2) is 5.35. The summed E-state index contributed by atoms with van der Waals surface area (Å²) in [6.07, 6.45) is 8.07. The second-order valence-corrected chi connectivity index (χ2v) is 2.23. The number of rotatable bonds is 3. The van der Waals surface area contributed by atoms with Crippen molar-refractivity contribution in [3.05, 3.63) is 31.4 Å². The van der Waals surface area contributed by atoms with Gasteiger partial charge in [-0.05, 0) is 6.92 Å². The van der Waals surface area contributed by atoms with Gasteiger partial charge in [0.1, 0.15) is 18.9 Å². The molecule has 0 aromatic carbocycles. The molecule has 0 fully saturated rings. The maximum absolute atomic E-state index is 3.66. The molecular weight excluding hydrogens is 251 g/mol. The second-order valence-electron chi connectivity index (χ2n) is 2.23. The molecule has 1 aromatic rings. The minimum atomic E-state index is 0. The van der Waals surface area contributed by atoms with E-state index in [1.165, 1.54) is 0 Å². The van der Waals surface area contributed by atoms with Crippen LogP contribution in [0.1, 0.15) is 6.92 Å². The van der Waals surface area contributed by atoms with Crippen molar-refractivity contribution < 1.29 is 28.5 Å². The first-order valence-corrected chi connectivity index (χ1v) is 3.52. The molecule has 0 saturated carbocycles. The minimum absolute atomic E-state index is 0. The summed E-state index contributed by atoms with van der Waals surface area (Å²) in [5, 5.41) is 0. The van der Waals surface area contributed by atoms with Crippen molar-refractivity contribution in [3.8, 4) is 0 Å². The van der Waals surface area contributed by atoms with Crippen LogP contribution in [0, 0.1) is 0 Å². The molecule has 1 rings (SSSR count). The lowest BCUT2D eigenvalue weighted by Crippen LogP contribution is -3.00. The summed E-state index contributed by atoms with van der Waals surface area (Å²) in [6, 6.07) is 0. The van der Waals surface area contributed by atoms with E-state index in [2.05, 4.69) is 35.2 Å². The number of imidazole rings is 1. The van der Waals surface area contributed by atoms with Crippen LogP contribution in [-0.4, -0.2) is 4.57 Å². The van der Waals surface area contributed by atoms with Crippen LogP contribution in [0.4, 0.5) is 0 Å². The molecule has 0 N–H and O–H groups in total. The zero-order valence-electron chi connectivity index (χ0n) is 6.70. The summed E-state index contributed by atoms with van der Waals surface area (Å²) in [6.45, 7) is 7.71. The van der Waals surface area contributed by atoms with E-state index in [1.54, 1.807) is 0 Å². The van der Waals surface area contributed by atoms with E-state index >= 15 is 0 Å². The Labute approximate surface area is 84.6 Å². The molecule has 11 heavy (non-hydrogen) atoms. The van der Waals surface area contributed by atoms with Gasteiger partial charge in [-0.3, -0.25) is 0 Å². The summed E-state index contributed by atoms with van der Waals surface area (Å²) in [4.78, 5) is 0. The fourth-order valence-electron chi connectivity index (χ4n) is 0.883. The Morgan fingerprint density at radius 1 is 1.64 bits per heavy atom. The Morgan fingerprint density at radius 2 is 2.36 bits per heavy atom. The number of hydrogen-bond donors (Lipinski definition) is 0. The molecule has 0 spiro atoms. The van der Waals surface area contributed by atoms with Gasteiger partial charge in [-0.15, -0.1) is 0 Å². The quantitative estimate of drug-likeness (QED) is 0.339. The Hall–Kier alpha value is -0.320. The maximum atomic E-state index is 3.66. The number of halogens is 1. The highest BCUT2D eigenvalue weighted by Gasteiger charge is 1.96. The average Bonchev–Trinajstić information content (AvgIpc) is 2.37. The standard InChI is InChI=1S/C8H13N2.HI/c1-3-5-10-7-6-9(4-2)8-10;/h3,6-8H,1,4-5H2,2H3;1H/q+1;/p-1. The molecule has 1 heterocycles. The molecule has 62 valence electrons. The third-order valence-corrected chi connectivity index (χ3v) is 1.45. The van der Waals surface area contributed by atoms with E-state index in [-0.39, 0.29) is 24.0 Å². The highest BCUT2D eigenvalue weighted by molar-refractivity contribution is 4.66. The summed E-state index contributed by atoms with van der Waals surface area (Å²) in [5.41, 5.74) is 0. The predicted octanol–water partition coefficient (Wildman–Crippen LogP) is -2.01. The van der Waals surface area contributed by atoms with Crippen LogP contribution in [0.5, 0.6) is 0 Å². The monoisotopic (exact) mass is 264 g/mol. The molecule has 0 aliphatic rings. The molecule has 0 aliphatic heterocycles. The number of aryl methyl sites for hydroxylation is 1. The minimum Gasteiger partial charge on any atom is -1.00 e. The highest BCUT2D eigenvalue weighted by Crippen LogP contribution is 1.82. The Kier molecular flexibility index (Phi) is 5.19. The summed E-state index contributed by atoms with van der Waals surface area (Å²) in [5.74, 6) is 0. The first-order valence-electron chi connectivity index (χ1n) is 3.52. The van der Waals surface area contributed by atoms with Crippen molar-refractivity contribution in [3.63, 3.8) is 0 Å². The van der Waals surface area contributed by atoms with Crippen LogP contribution in [0.3, 0.4) is 0 Å². The predicted molar refractivity (Wildman–Crippen MR) is 40.5 cm³/mol. The van der Waals surface area contributed by atoms with E-state index in [1.807, 2.05) is 12.3 Å². The van der Waals surface area contributed by atoms with Crippen LogP contribution in [-0.2, 0) is 13.1 Å². The summed E-state index contributed by atoms with van der Waals surface area (Å²) in [7, 11) is 0. The van der Waals surface area contributed by atoms with Crippen LogP contribution in [0.2, 0.25) is 0 Å². The van der Waals surface area contributed by atoms with Gasteiger partial charge in [-0.1, -0.05) is 12.7 Å². The smallest absolute Gasteiger partial charge is 0.244 e. The van der Waals surface area contributed by atoms with Gasteiger partial charge in [0.25, 0.3) is 0 Å². The number of allylic oxidation sites excluding steroid dienone is 1. The molecule has 3 heteroatoms. The van der Waals surface area contributed by atoms with Crippen LogP contribution in [0.25, 0.3) is 0 Å².